The Labute approximate surface area is 112 Å². The molecule has 0 fully saturated rings. The molecule has 0 heterocycles. The first kappa shape index (κ1) is 17.1. The normalized spacial score (nSPS) is 11.4. The van der Waals surface area contributed by atoms with Crippen LogP contribution < -0.4 is 11.1 Å². The van der Waals surface area contributed by atoms with Crippen molar-refractivity contribution in [3.05, 3.63) is 0 Å². The molecule has 106 valence electrons. The lowest BCUT2D eigenvalue weighted by molar-refractivity contribution is -0.144. The van der Waals surface area contributed by atoms with Gasteiger partial charge < -0.3 is 16.2 Å². The number of Topliss-reactive ketones (excluding diaryl/α,β-unsaturated/α-hetero) is 1. The fourth-order valence-corrected chi connectivity index (χ4v) is 1.50. The van der Waals surface area contributed by atoms with Crippen molar-refractivity contribution in [3.63, 3.8) is 0 Å². The number of hydrogen-bond acceptors (Lipinski definition) is 4. The molecule has 0 aromatic heterocycles. The van der Waals surface area contributed by atoms with Crippen LogP contribution in [0.15, 0.2) is 0 Å². The molecule has 0 bridgehead atoms. The van der Waals surface area contributed by atoms with Crippen molar-refractivity contribution >= 4 is 17.7 Å². The first-order valence-corrected chi connectivity index (χ1v) is 6.16. The first-order chi connectivity index (χ1) is 9.01. The summed E-state index contributed by atoms with van der Waals surface area (Å²) in [4.78, 5) is 33.7. The topological polar surface area (TPSA) is 109 Å². The van der Waals surface area contributed by atoms with E-state index in [9.17, 15) is 14.4 Å². The van der Waals surface area contributed by atoms with Crippen LogP contribution in [-0.4, -0.2) is 35.9 Å². The Morgan fingerprint density at radius 3 is 2.58 bits per heavy atom. The summed E-state index contributed by atoms with van der Waals surface area (Å²) in [7, 11) is 0. The zero-order chi connectivity index (χ0) is 14.7. The van der Waals surface area contributed by atoms with Crippen LogP contribution in [0.4, 0.5) is 0 Å². The van der Waals surface area contributed by atoms with Gasteiger partial charge in [-0.1, -0.05) is 0 Å². The number of ketones is 1. The van der Waals surface area contributed by atoms with Crippen molar-refractivity contribution in [2.45, 2.75) is 32.1 Å². The summed E-state index contributed by atoms with van der Waals surface area (Å²) >= 11 is 0. The van der Waals surface area contributed by atoms with Crippen LogP contribution in [0, 0.1) is 18.3 Å². The molecule has 1 atom stereocenters. The number of rotatable bonds is 10. The number of carboxylic acids is 1. The van der Waals surface area contributed by atoms with Crippen molar-refractivity contribution < 1.29 is 19.5 Å². The lowest BCUT2D eigenvalue weighted by atomic mass is 9.97. The summed E-state index contributed by atoms with van der Waals surface area (Å²) in [5.74, 6) is -0.0420. The van der Waals surface area contributed by atoms with Crippen LogP contribution in [0.2, 0.25) is 0 Å². The summed E-state index contributed by atoms with van der Waals surface area (Å²) in [5.41, 5.74) is 5.30. The first-order valence-electron chi connectivity index (χ1n) is 6.16. The van der Waals surface area contributed by atoms with E-state index in [0.717, 1.165) is 0 Å². The van der Waals surface area contributed by atoms with E-state index in [1.54, 1.807) is 0 Å². The van der Waals surface area contributed by atoms with E-state index in [0.29, 0.717) is 25.8 Å². The predicted molar refractivity (Wildman–Crippen MR) is 70.1 cm³/mol. The van der Waals surface area contributed by atoms with Crippen molar-refractivity contribution in [3.8, 4) is 12.3 Å². The van der Waals surface area contributed by atoms with Gasteiger partial charge in [0.05, 0.1) is 12.5 Å². The predicted octanol–water partition coefficient (Wildman–Crippen LogP) is -0.0851. The van der Waals surface area contributed by atoms with Crippen molar-refractivity contribution in [1.29, 1.82) is 0 Å². The van der Waals surface area contributed by atoms with Crippen LogP contribution >= 0.6 is 0 Å². The highest BCUT2D eigenvalue weighted by atomic mass is 16.4. The fraction of sp³-hybridized carbons (Fsp3) is 0.615. The Bertz CT molecular complexity index is 360. The molecule has 0 rings (SSSR count). The van der Waals surface area contributed by atoms with Crippen molar-refractivity contribution in [1.82, 2.24) is 5.32 Å². The summed E-state index contributed by atoms with van der Waals surface area (Å²) in [6.45, 7) is 0.233. The molecule has 6 nitrogen and oxygen atoms in total. The Balaban J connectivity index is 4.03. The van der Waals surface area contributed by atoms with E-state index in [4.69, 9.17) is 17.3 Å². The lowest BCUT2D eigenvalue weighted by Gasteiger charge is -2.11. The molecule has 0 radical (unpaired) electrons. The molecule has 0 spiro atoms. The highest BCUT2D eigenvalue weighted by Gasteiger charge is 2.20. The van der Waals surface area contributed by atoms with Gasteiger partial charge in [0, 0.05) is 19.3 Å². The number of amides is 1. The van der Waals surface area contributed by atoms with Gasteiger partial charge in [-0.3, -0.25) is 14.4 Å². The van der Waals surface area contributed by atoms with E-state index in [-0.39, 0.29) is 31.1 Å². The van der Waals surface area contributed by atoms with Gasteiger partial charge in [0.2, 0.25) is 5.91 Å². The molecule has 0 saturated heterocycles. The Morgan fingerprint density at radius 1 is 1.37 bits per heavy atom. The zero-order valence-electron chi connectivity index (χ0n) is 10.9. The SMILES string of the molecule is C#CCCC(=O)NCC(=O)CC(CCCN)C(=O)O. The molecule has 0 aromatic rings. The van der Waals surface area contributed by atoms with E-state index < -0.39 is 11.9 Å². The van der Waals surface area contributed by atoms with Gasteiger partial charge in [-0.2, -0.15) is 0 Å². The maximum absolute atomic E-state index is 11.5. The third kappa shape index (κ3) is 8.80. The van der Waals surface area contributed by atoms with E-state index >= 15 is 0 Å². The van der Waals surface area contributed by atoms with Gasteiger partial charge in [-0.05, 0) is 19.4 Å². The van der Waals surface area contributed by atoms with Crippen molar-refractivity contribution in [2.24, 2.45) is 11.7 Å². The molecule has 1 amide bonds. The van der Waals surface area contributed by atoms with Crippen LogP contribution in [-0.2, 0) is 14.4 Å². The minimum atomic E-state index is -1.01. The molecular weight excluding hydrogens is 248 g/mol. The Morgan fingerprint density at radius 2 is 2.05 bits per heavy atom. The Kier molecular flexibility index (Phi) is 9.10. The lowest BCUT2D eigenvalue weighted by Crippen LogP contribution is -2.31. The molecule has 0 aliphatic carbocycles. The van der Waals surface area contributed by atoms with E-state index in [1.165, 1.54) is 0 Å². The van der Waals surface area contributed by atoms with Gasteiger partial charge in [-0.15, -0.1) is 12.3 Å². The Hall–Kier alpha value is -1.87. The average molecular weight is 268 g/mol. The largest absolute Gasteiger partial charge is 0.481 e. The van der Waals surface area contributed by atoms with E-state index in [2.05, 4.69) is 11.2 Å². The van der Waals surface area contributed by atoms with Gasteiger partial charge in [0.1, 0.15) is 0 Å². The second-order valence-electron chi connectivity index (χ2n) is 4.19. The summed E-state index contributed by atoms with van der Waals surface area (Å²) in [5, 5.41) is 11.4. The minimum absolute atomic E-state index is 0.0925. The number of carbonyl (C=O) groups is 3. The molecule has 0 saturated carbocycles. The van der Waals surface area contributed by atoms with Gasteiger partial charge in [-0.25, -0.2) is 0 Å². The number of carbonyl (C=O) groups excluding carboxylic acids is 2. The third-order valence-electron chi connectivity index (χ3n) is 2.56. The van der Waals surface area contributed by atoms with Crippen LogP contribution in [0.3, 0.4) is 0 Å². The van der Waals surface area contributed by atoms with E-state index in [1.807, 2.05) is 0 Å². The fourth-order valence-electron chi connectivity index (χ4n) is 1.50. The number of carboxylic acid groups (broad SMARTS) is 1. The van der Waals surface area contributed by atoms with Crippen molar-refractivity contribution in [2.75, 3.05) is 13.1 Å². The highest BCUT2D eigenvalue weighted by molar-refractivity contribution is 5.88. The second kappa shape index (κ2) is 10.1. The quantitative estimate of drug-likeness (QED) is 0.480. The maximum atomic E-state index is 11.5. The highest BCUT2D eigenvalue weighted by Crippen LogP contribution is 2.11. The van der Waals surface area contributed by atoms with Gasteiger partial charge in [0.15, 0.2) is 5.78 Å². The van der Waals surface area contributed by atoms with Crippen LogP contribution in [0.5, 0.6) is 0 Å². The molecule has 19 heavy (non-hydrogen) atoms. The molecule has 6 heteroatoms. The second-order valence-corrected chi connectivity index (χ2v) is 4.19. The summed E-state index contributed by atoms with van der Waals surface area (Å²) < 4.78 is 0. The average Bonchev–Trinajstić information content (AvgIpc) is 2.38. The monoisotopic (exact) mass is 268 g/mol. The third-order valence-corrected chi connectivity index (χ3v) is 2.56. The molecular formula is C13H20N2O4. The number of nitrogens with two attached hydrogens (primary N) is 1. The maximum Gasteiger partial charge on any atom is 0.306 e. The molecule has 0 aromatic carbocycles. The zero-order valence-corrected chi connectivity index (χ0v) is 10.9. The molecule has 4 N–H and O–H groups in total. The van der Waals surface area contributed by atoms with Gasteiger partial charge in [0.25, 0.3) is 0 Å². The smallest absolute Gasteiger partial charge is 0.306 e. The molecule has 0 aliphatic rings. The molecule has 0 aliphatic heterocycles. The van der Waals surface area contributed by atoms with Crippen LogP contribution in [0.25, 0.3) is 0 Å². The number of nitrogens with one attached hydrogen (secondary N) is 1. The number of hydrogen-bond donors (Lipinski definition) is 3. The molecule has 1 unspecified atom stereocenters. The van der Waals surface area contributed by atoms with Crippen LogP contribution in [0.1, 0.15) is 32.1 Å². The summed E-state index contributed by atoms with van der Waals surface area (Å²) in [6.07, 6.45) is 6.31. The number of aliphatic carboxylic acids is 1. The standard InChI is InChI=1S/C13H20N2O4/c1-2-3-6-12(17)15-9-11(16)8-10(13(18)19)5-4-7-14/h1,10H,3-9,14H2,(H,15,17)(H,18,19). The summed E-state index contributed by atoms with van der Waals surface area (Å²) in [6, 6.07) is 0. The number of terminal acetylenes is 1. The van der Waals surface area contributed by atoms with Gasteiger partial charge >= 0.3 is 5.97 Å². The minimum Gasteiger partial charge on any atom is -0.481 e.